The average molecular weight is 625 g/mol. The minimum atomic E-state index is -3.77. The van der Waals surface area contributed by atoms with Crippen molar-refractivity contribution >= 4 is 60.0 Å². The van der Waals surface area contributed by atoms with Gasteiger partial charge in [0.15, 0.2) is 0 Å². The summed E-state index contributed by atoms with van der Waals surface area (Å²) in [7, 11) is -0.909. The number of nitrogens with zero attached hydrogens (tertiary/aromatic N) is 5. The number of aryl methyl sites for hydroxylation is 1. The molecule has 45 heavy (non-hydrogen) atoms. The molecule has 7 aromatic rings. The van der Waals surface area contributed by atoms with E-state index in [1.54, 1.807) is 60.1 Å². The Morgan fingerprint density at radius 3 is 2.58 bits per heavy atom. The fraction of sp³-hybridized carbons (Fsp3) is 0.125. The monoisotopic (exact) mass is 624 g/mol. The molecular formula is C32H25FN6O5S. The SMILES string of the molecule is CNC(=O)c1c(-n2ccc(C)cc2=O)oc2cc(N(C)S(C)(=O)=O)c(-c3ccc4ncn5c6cccc(F)c6cc5c4n3)cc12. The summed E-state index contributed by atoms with van der Waals surface area (Å²) in [6.07, 6.45) is 4.18. The predicted octanol–water partition coefficient (Wildman–Crippen LogP) is 4.80. The molecule has 226 valence electrons. The molecule has 0 fully saturated rings. The van der Waals surface area contributed by atoms with Crippen LogP contribution in [-0.4, -0.2) is 53.6 Å². The van der Waals surface area contributed by atoms with Gasteiger partial charge in [-0.15, -0.1) is 0 Å². The fourth-order valence-corrected chi connectivity index (χ4v) is 6.07. The fourth-order valence-electron chi connectivity index (χ4n) is 5.56. The Labute approximate surface area is 255 Å². The van der Waals surface area contributed by atoms with Crippen LogP contribution in [0, 0.1) is 12.7 Å². The van der Waals surface area contributed by atoms with Crippen molar-refractivity contribution < 1.29 is 22.0 Å². The minimum Gasteiger partial charge on any atom is -0.439 e. The maximum Gasteiger partial charge on any atom is 0.257 e. The van der Waals surface area contributed by atoms with Gasteiger partial charge in [-0.2, -0.15) is 0 Å². The van der Waals surface area contributed by atoms with Gasteiger partial charge in [0.1, 0.15) is 28.8 Å². The van der Waals surface area contributed by atoms with Crippen molar-refractivity contribution in [1.29, 1.82) is 0 Å². The van der Waals surface area contributed by atoms with E-state index in [4.69, 9.17) is 9.40 Å². The van der Waals surface area contributed by atoms with E-state index in [1.807, 2.05) is 0 Å². The third-order valence-corrected chi connectivity index (χ3v) is 9.10. The lowest BCUT2D eigenvalue weighted by Crippen LogP contribution is -2.25. The van der Waals surface area contributed by atoms with Crippen LogP contribution < -0.4 is 15.2 Å². The van der Waals surface area contributed by atoms with Crippen molar-refractivity contribution in [2.45, 2.75) is 6.92 Å². The molecule has 0 saturated carbocycles. The second-order valence-electron chi connectivity index (χ2n) is 10.8. The Balaban J connectivity index is 1.56. The number of nitrogens with one attached hydrogen (secondary N) is 1. The number of carbonyl (C=O) groups excluding carboxylic acids is 1. The van der Waals surface area contributed by atoms with E-state index in [2.05, 4.69) is 10.3 Å². The number of carbonyl (C=O) groups is 1. The van der Waals surface area contributed by atoms with Gasteiger partial charge in [-0.05, 0) is 55.0 Å². The summed E-state index contributed by atoms with van der Waals surface area (Å²) in [4.78, 5) is 35.6. The number of aromatic nitrogens is 4. The average Bonchev–Trinajstić information content (AvgIpc) is 3.58. The third-order valence-electron chi connectivity index (χ3n) is 7.91. The smallest absolute Gasteiger partial charge is 0.257 e. The number of halogens is 1. The van der Waals surface area contributed by atoms with Gasteiger partial charge >= 0.3 is 0 Å². The van der Waals surface area contributed by atoms with Crippen molar-refractivity contribution in [2.75, 3.05) is 24.7 Å². The number of hydrogen-bond donors (Lipinski definition) is 1. The van der Waals surface area contributed by atoms with Gasteiger partial charge < -0.3 is 9.73 Å². The Morgan fingerprint density at radius 1 is 1.04 bits per heavy atom. The summed E-state index contributed by atoms with van der Waals surface area (Å²) >= 11 is 0. The first-order valence-corrected chi connectivity index (χ1v) is 15.6. The molecule has 5 aromatic heterocycles. The van der Waals surface area contributed by atoms with Crippen LogP contribution in [0.4, 0.5) is 10.1 Å². The quantitative estimate of drug-likeness (QED) is 0.291. The number of sulfonamides is 1. The van der Waals surface area contributed by atoms with E-state index in [0.29, 0.717) is 44.1 Å². The zero-order valence-electron chi connectivity index (χ0n) is 24.5. The van der Waals surface area contributed by atoms with E-state index >= 15 is 0 Å². The zero-order valence-corrected chi connectivity index (χ0v) is 25.3. The number of furan rings is 1. The normalized spacial score (nSPS) is 12.0. The predicted molar refractivity (Wildman–Crippen MR) is 170 cm³/mol. The summed E-state index contributed by atoms with van der Waals surface area (Å²) < 4.78 is 50.5. The van der Waals surface area contributed by atoms with Gasteiger partial charge in [-0.3, -0.25) is 22.9 Å². The van der Waals surface area contributed by atoms with Gasteiger partial charge in [-0.25, -0.2) is 22.8 Å². The van der Waals surface area contributed by atoms with Crippen molar-refractivity contribution in [1.82, 2.24) is 24.3 Å². The Morgan fingerprint density at radius 2 is 1.84 bits per heavy atom. The summed E-state index contributed by atoms with van der Waals surface area (Å²) in [5, 5.41) is 3.35. The van der Waals surface area contributed by atoms with E-state index in [-0.39, 0.29) is 28.5 Å². The van der Waals surface area contributed by atoms with Crippen molar-refractivity contribution in [3.05, 3.63) is 100 Å². The molecule has 0 spiro atoms. The van der Waals surface area contributed by atoms with Crippen LogP contribution >= 0.6 is 0 Å². The molecule has 1 amide bonds. The van der Waals surface area contributed by atoms with Crippen molar-refractivity contribution in [3.63, 3.8) is 0 Å². The topological polar surface area (TPSA) is 132 Å². The number of fused-ring (bicyclic) bond motifs is 6. The molecule has 13 heteroatoms. The van der Waals surface area contributed by atoms with Crippen LogP contribution in [0.1, 0.15) is 15.9 Å². The molecule has 1 N–H and O–H groups in total. The van der Waals surface area contributed by atoms with Gasteiger partial charge in [-0.1, -0.05) is 6.07 Å². The minimum absolute atomic E-state index is 0.0151. The van der Waals surface area contributed by atoms with Crippen LogP contribution in [0.2, 0.25) is 0 Å². The highest BCUT2D eigenvalue weighted by Crippen LogP contribution is 2.39. The molecule has 0 bridgehead atoms. The number of benzene rings is 2. The number of pyridine rings is 2. The highest BCUT2D eigenvalue weighted by Gasteiger charge is 2.27. The molecule has 5 heterocycles. The molecule has 0 radical (unpaired) electrons. The third kappa shape index (κ3) is 4.42. The van der Waals surface area contributed by atoms with Crippen molar-refractivity contribution in [2.24, 2.45) is 0 Å². The highest BCUT2D eigenvalue weighted by atomic mass is 32.2. The van der Waals surface area contributed by atoms with Crippen LogP contribution in [0.5, 0.6) is 0 Å². The first-order chi connectivity index (χ1) is 21.5. The molecule has 0 atom stereocenters. The Kier molecular flexibility index (Phi) is 6.27. The maximum absolute atomic E-state index is 14.7. The van der Waals surface area contributed by atoms with E-state index in [9.17, 15) is 22.4 Å². The first kappa shape index (κ1) is 28.2. The van der Waals surface area contributed by atoms with Gasteiger partial charge in [0, 0.05) is 48.8 Å². The largest absolute Gasteiger partial charge is 0.439 e. The lowest BCUT2D eigenvalue weighted by Gasteiger charge is -2.20. The maximum atomic E-state index is 14.7. The van der Waals surface area contributed by atoms with Gasteiger partial charge in [0.05, 0.1) is 34.2 Å². The number of anilines is 1. The lowest BCUT2D eigenvalue weighted by molar-refractivity contribution is 0.0963. The standard InChI is InChI=1S/C32H25FN6O5S/c1-17-10-11-38(28(40)12-17)32-29(31(41)34-2)20-13-19(25(15-27(20)44-32)37(3)45(4,42)43)22-8-9-23-30(36-22)26-14-18-21(33)6-5-7-24(18)39(26)16-35-23/h5-16H,1-4H3,(H,34,41). The highest BCUT2D eigenvalue weighted by molar-refractivity contribution is 7.92. The van der Waals surface area contributed by atoms with Crippen LogP contribution in [-0.2, 0) is 10.0 Å². The molecule has 7 rings (SSSR count). The van der Waals surface area contributed by atoms with E-state index < -0.39 is 21.5 Å². The Hall–Kier alpha value is -5.56. The summed E-state index contributed by atoms with van der Waals surface area (Å²) in [6.45, 7) is 1.77. The zero-order chi connectivity index (χ0) is 31.8. The number of hydrogen-bond acceptors (Lipinski definition) is 7. The van der Waals surface area contributed by atoms with Gasteiger partial charge in [0.25, 0.3) is 11.5 Å². The van der Waals surface area contributed by atoms with E-state index in [1.165, 1.54) is 43.1 Å². The van der Waals surface area contributed by atoms with Gasteiger partial charge in [0.2, 0.25) is 15.9 Å². The van der Waals surface area contributed by atoms with E-state index in [0.717, 1.165) is 16.1 Å². The molecule has 0 aliphatic rings. The van der Waals surface area contributed by atoms with Crippen LogP contribution in [0.15, 0.2) is 82.4 Å². The summed E-state index contributed by atoms with van der Waals surface area (Å²) in [6, 6.07) is 16.2. The van der Waals surface area contributed by atoms with Crippen LogP contribution in [0.25, 0.3) is 55.6 Å². The molecular weight excluding hydrogens is 599 g/mol. The second kappa shape index (κ2) is 9.99. The van der Waals surface area contributed by atoms with Crippen molar-refractivity contribution in [3.8, 4) is 17.1 Å². The summed E-state index contributed by atoms with van der Waals surface area (Å²) in [5.74, 6) is -0.905. The number of amides is 1. The Bertz CT molecular complexity index is 2550. The molecule has 0 saturated heterocycles. The molecule has 0 unspecified atom stereocenters. The molecule has 11 nitrogen and oxygen atoms in total. The van der Waals surface area contributed by atoms with Crippen LogP contribution in [0.3, 0.4) is 0 Å². The first-order valence-electron chi connectivity index (χ1n) is 13.8. The molecule has 0 aliphatic carbocycles. The second-order valence-corrected chi connectivity index (χ2v) is 12.8. The molecule has 2 aromatic carbocycles. The lowest BCUT2D eigenvalue weighted by atomic mass is 10.0. The summed E-state index contributed by atoms with van der Waals surface area (Å²) in [5.41, 5.74) is 3.81. The molecule has 0 aliphatic heterocycles. The number of rotatable bonds is 5.